The number of rotatable bonds is 6. The van der Waals surface area contributed by atoms with Crippen molar-refractivity contribution in [3.05, 3.63) is 35.5 Å². The molecule has 2 aliphatic carbocycles. The van der Waals surface area contributed by atoms with Gasteiger partial charge in [-0.25, -0.2) is 4.98 Å². The summed E-state index contributed by atoms with van der Waals surface area (Å²) in [5.74, 6) is 2.63. The van der Waals surface area contributed by atoms with Crippen molar-refractivity contribution >= 4 is 34.8 Å². The van der Waals surface area contributed by atoms with Crippen molar-refractivity contribution in [3.8, 4) is 5.75 Å². The second-order valence-electron chi connectivity index (χ2n) is 8.89. The molecule has 3 N–H and O–H groups in total. The number of anilines is 3. The summed E-state index contributed by atoms with van der Waals surface area (Å²) in [6.45, 7) is 0. The Labute approximate surface area is 196 Å². The van der Waals surface area contributed by atoms with Crippen LogP contribution in [0.2, 0.25) is 0 Å². The topological polar surface area (TPSA) is 74.3 Å². The minimum Gasteiger partial charge on any atom is -0.495 e. The van der Waals surface area contributed by atoms with Crippen LogP contribution in [0.25, 0.3) is 0 Å². The van der Waals surface area contributed by atoms with E-state index in [1.807, 2.05) is 24.3 Å². The van der Waals surface area contributed by atoms with Gasteiger partial charge in [0.15, 0.2) is 5.11 Å². The van der Waals surface area contributed by atoms with Gasteiger partial charge in [0.25, 0.3) is 0 Å². The van der Waals surface area contributed by atoms with E-state index in [2.05, 4.69) is 34.9 Å². The van der Waals surface area contributed by atoms with Crippen molar-refractivity contribution < 1.29 is 4.74 Å². The van der Waals surface area contributed by atoms with Crippen molar-refractivity contribution in [2.75, 3.05) is 36.7 Å². The molecule has 0 saturated heterocycles. The molecule has 0 radical (unpaired) electrons. The van der Waals surface area contributed by atoms with E-state index in [4.69, 9.17) is 26.9 Å². The first-order valence-corrected chi connectivity index (χ1v) is 12.0. The number of thiocarbonyl (C=S) groups is 1. The van der Waals surface area contributed by atoms with Crippen LogP contribution in [0.4, 0.5) is 17.5 Å². The summed E-state index contributed by atoms with van der Waals surface area (Å²) in [7, 11) is 5.80. The molecule has 32 heavy (non-hydrogen) atoms. The molecule has 172 valence electrons. The first-order valence-electron chi connectivity index (χ1n) is 11.6. The van der Waals surface area contributed by atoms with E-state index in [1.165, 1.54) is 24.1 Å². The Hall–Kier alpha value is -2.61. The Balaban J connectivity index is 1.30. The van der Waals surface area contributed by atoms with Gasteiger partial charge in [-0.05, 0) is 75.7 Å². The van der Waals surface area contributed by atoms with E-state index in [0.717, 1.165) is 61.7 Å². The second kappa shape index (κ2) is 10.3. The zero-order valence-corrected chi connectivity index (χ0v) is 20.1. The SMILES string of the molecule is COc1ccccc1NC(=S)N[C@H]1CC[C@@H](Nc2nc3c(c(N(C)C)n2)CCCC3)CC1. The lowest BCUT2D eigenvalue weighted by Gasteiger charge is -2.31. The molecule has 0 spiro atoms. The number of para-hydroxylation sites is 2. The molecule has 0 bridgehead atoms. The summed E-state index contributed by atoms with van der Waals surface area (Å²) in [6.07, 6.45) is 8.82. The van der Waals surface area contributed by atoms with Crippen molar-refractivity contribution in [1.82, 2.24) is 15.3 Å². The van der Waals surface area contributed by atoms with E-state index < -0.39 is 0 Å². The fourth-order valence-corrected chi connectivity index (χ4v) is 4.94. The number of nitrogens with one attached hydrogen (secondary N) is 3. The Morgan fingerprint density at radius 2 is 1.75 bits per heavy atom. The first kappa shape index (κ1) is 22.6. The van der Waals surface area contributed by atoms with Crippen LogP contribution in [-0.2, 0) is 12.8 Å². The lowest BCUT2D eigenvalue weighted by Crippen LogP contribution is -2.42. The zero-order valence-electron chi connectivity index (χ0n) is 19.3. The molecule has 2 aliphatic rings. The molecule has 0 amide bonds. The third kappa shape index (κ3) is 5.41. The summed E-state index contributed by atoms with van der Waals surface area (Å²) >= 11 is 5.54. The molecular weight excluding hydrogens is 420 g/mol. The van der Waals surface area contributed by atoms with Gasteiger partial charge in [0.1, 0.15) is 11.6 Å². The van der Waals surface area contributed by atoms with E-state index in [1.54, 1.807) is 7.11 Å². The molecule has 0 aliphatic heterocycles. The van der Waals surface area contributed by atoms with Gasteiger partial charge in [-0.2, -0.15) is 4.98 Å². The van der Waals surface area contributed by atoms with Crippen molar-refractivity contribution in [2.45, 2.75) is 63.5 Å². The molecule has 1 fully saturated rings. The molecule has 0 atom stereocenters. The first-order chi connectivity index (χ1) is 15.5. The minimum absolute atomic E-state index is 0.365. The monoisotopic (exact) mass is 454 g/mol. The fourth-order valence-electron chi connectivity index (χ4n) is 4.67. The maximum Gasteiger partial charge on any atom is 0.225 e. The van der Waals surface area contributed by atoms with Gasteiger partial charge in [-0.1, -0.05) is 12.1 Å². The highest BCUT2D eigenvalue weighted by Gasteiger charge is 2.24. The van der Waals surface area contributed by atoms with Crippen LogP contribution in [0.3, 0.4) is 0 Å². The molecule has 0 unspecified atom stereocenters. The molecule has 1 aromatic carbocycles. The largest absolute Gasteiger partial charge is 0.495 e. The standard InChI is InChI=1S/C24H34N6OS/c1-30(2)22-18-8-4-5-9-19(18)27-23(29-22)25-16-12-14-17(15-13-16)26-24(32)28-20-10-6-7-11-21(20)31-3/h6-7,10-11,16-17H,4-5,8-9,12-15H2,1-3H3,(H,25,27,29)(H2,26,28,32)/t16-,17+. The lowest BCUT2D eigenvalue weighted by atomic mass is 9.91. The average Bonchev–Trinajstić information content (AvgIpc) is 2.80. The molecule has 2 aromatic rings. The number of hydrogen-bond acceptors (Lipinski definition) is 6. The highest BCUT2D eigenvalue weighted by molar-refractivity contribution is 7.80. The number of hydrogen-bond donors (Lipinski definition) is 3. The third-order valence-corrected chi connectivity index (χ3v) is 6.56. The number of benzene rings is 1. The number of aromatic nitrogens is 2. The normalized spacial score (nSPS) is 20.1. The summed E-state index contributed by atoms with van der Waals surface area (Å²) in [5.41, 5.74) is 3.43. The number of fused-ring (bicyclic) bond motifs is 1. The predicted molar refractivity (Wildman–Crippen MR) is 135 cm³/mol. The third-order valence-electron chi connectivity index (χ3n) is 6.34. The molecular formula is C24H34N6OS. The predicted octanol–water partition coefficient (Wildman–Crippen LogP) is 4.14. The number of ether oxygens (including phenoxy) is 1. The highest BCUT2D eigenvalue weighted by Crippen LogP contribution is 2.29. The van der Waals surface area contributed by atoms with Crippen molar-refractivity contribution in [1.29, 1.82) is 0 Å². The van der Waals surface area contributed by atoms with E-state index in [-0.39, 0.29) is 0 Å². The highest BCUT2D eigenvalue weighted by atomic mass is 32.1. The van der Waals surface area contributed by atoms with Gasteiger partial charge in [0, 0.05) is 31.7 Å². The Morgan fingerprint density at radius 3 is 2.50 bits per heavy atom. The maximum atomic E-state index is 5.54. The molecule has 7 nitrogen and oxygen atoms in total. The van der Waals surface area contributed by atoms with Crippen LogP contribution in [0.5, 0.6) is 5.75 Å². The van der Waals surface area contributed by atoms with E-state index in [0.29, 0.717) is 17.2 Å². The van der Waals surface area contributed by atoms with Crippen LogP contribution < -0.4 is 25.6 Å². The van der Waals surface area contributed by atoms with Gasteiger partial charge in [0.2, 0.25) is 5.95 Å². The van der Waals surface area contributed by atoms with Crippen LogP contribution >= 0.6 is 12.2 Å². The number of nitrogens with zero attached hydrogens (tertiary/aromatic N) is 3. The second-order valence-corrected chi connectivity index (χ2v) is 9.30. The van der Waals surface area contributed by atoms with Crippen LogP contribution in [-0.4, -0.2) is 48.4 Å². The Kier molecular flexibility index (Phi) is 7.29. The van der Waals surface area contributed by atoms with Gasteiger partial charge < -0.3 is 25.6 Å². The van der Waals surface area contributed by atoms with Gasteiger partial charge >= 0.3 is 0 Å². The zero-order chi connectivity index (χ0) is 22.5. The van der Waals surface area contributed by atoms with Crippen LogP contribution in [0.1, 0.15) is 49.8 Å². The van der Waals surface area contributed by atoms with E-state index >= 15 is 0 Å². The van der Waals surface area contributed by atoms with Crippen molar-refractivity contribution in [3.63, 3.8) is 0 Å². The molecule has 1 heterocycles. The summed E-state index contributed by atoms with van der Waals surface area (Å²) in [4.78, 5) is 11.8. The summed E-state index contributed by atoms with van der Waals surface area (Å²) in [6, 6.07) is 8.56. The van der Waals surface area contributed by atoms with Crippen LogP contribution in [0, 0.1) is 0 Å². The summed E-state index contributed by atoms with van der Waals surface area (Å²) in [5, 5.41) is 11.0. The van der Waals surface area contributed by atoms with Crippen molar-refractivity contribution in [2.24, 2.45) is 0 Å². The maximum absolute atomic E-state index is 5.54. The minimum atomic E-state index is 0.365. The molecule has 8 heteroatoms. The smallest absolute Gasteiger partial charge is 0.225 e. The molecule has 1 aromatic heterocycles. The fraction of sp³-hybridized carbons (Fsp3) is 0.542. The average molecular weight is 455 g/mol. The quantitative estimate of drug-likeness (QED) is 0.563. The molecule has 4 rings (SSSR count). The Bertz CT molecular complexity index is 942. The Morgan fingerprint density at radius 1 is 1.03 bits per heavy atom. The van der Waals surface area contributed by atoms with E-state index in [9.17, 15) is 0 Å². The number of aryl methyl sites for hydroxylation is 1. The van der Waals surface area contributed by atoms with Gasteiger partial charge in [0.05, 0.1) is 18.5 Å². The lowest BCUT2D eigenvalue weighted by molar-refractivity contribution is 0.387. The number of methoxy groups -OCH3 is 1. The van der Waals surface area contributed by atoms with Gasteiger partial charge in [-0.3, -0.25) is 0 Å². The molecule has 1 saturated carbocycles. The van der Waals surface area contributed by atoms with Gasteiger partial charge in [-0.15, -0.1) is 0 Å². The summed E-state index contributed by atoms with van der Waals surface area (Å²) < 4.78 is 5.39. The van der Waals surface area contributed by atoms with Crippen LogP contribution in [0.15, 0.2) is 24.3 Å².